The molecule has 0 heterocycles. The molecule has 1 atom stereocenters. The van der Waals surface area contributed by atoms with Crippen molar-refractivity contribution in [3.05, 3.63) is 34.9 Å². The van der Waals surface area contributed by atoms with E-state index in [1.165, 1.54) is 23.1 Å². The second-order valence-corrected chi connectivity index (χ2v) is 5.20. The Morgan fingerprint density at radius 2 is 2.00 bits per heavy atom. The average Bonchev–Trinajstić information content (AvgIpc) is 2.27. The molecule has 1 saturated carbocycles. The van der Waals surface area contributed by atoms with Crippen LogP contribution in [0, 0.1) is 13.8 Å². The van der Waals surface area contributed by atoms with Crippen molar-refractivity contribution in [1.29, 1.82) is 0 Å². The van der Waals surface area contributed by atoms with Gasteiger partial charge in [0.15, 0.2) is 0 Å². The van der Waals surface area contributed by atoms with Gasteiger partial charge in [-0.3, -0.25) is 0 Å². The molecule has 1 aromatic rings. The fourth-order valence-electron chi connectivity index (χ4n) is 2.91. The molecule has 2 rings (SSSR count). The smallest absolute Gasteiger partial charge is 0.0872 e. The van der Waals surface area contributed by atoms with Crippen LogP contribution in [-0.4, -0.2) is 19.8 Å². The minimum Gasteiger partial charge on any atom is -0.376 e. The number of rotatable bonds is 4. The second kappa shape index (κ2) is 4.79. The Bertz CT molecular complexity index is 390. The van der Waals surface area contributed by atoms with Crippen molar-refractivity contribution in [2.24, 2.45) is 0 Å². The standard InChI is InChI=1S/C15H23NO/c1-11-6-7-12(2)13(10-11)14(16-3)15(17-4)8-5-9-15/h6-7,10,14,16H,5,8-9H2,1-4H3. The molecule has 0 aliphatic heterocycles. The van der Waals surface area contributed by atoms with Crippen molar-refractivity contribution in [1.82, 2.24) is 5.32 Å². The zero-order valence-electron chi connectivity index (χ0n) is 11.3. The van der Waals surface area contributed by atoms with Gasteiger partial charge in [0.05, 0.1) is 11.6 Å². The maximum Gasteiger partial charge on any atom is 0.0872 e. The lowest BCUT2D eigenvalue weighted by molar-refractivity contribution is -0.0984. The minimum absolute atomic E-state index is 0.00725. The number of ether oxygens (including phenoxy) is 1. The fourth-order valence-corrected chi connectivity index (χ4v) is 2.91. The van der Waals surface area contributed by atoms with Crippen LogP contribution in [0.3, 0.4) is 0 Å². The van der Waals surface area contributed by atoms with E-state index in [9.17, 15) is 0 Å². The summed E-state index contributed by atoms with van der Waals surface area (Å²) in [5.41, 5.74) is 4.05. The van der Waals surface area contributed by atoms with Crippen molar-refractivity contribution in [2.45, 2.75) is 44.8 Å². The highest BCUT2D eigenvalue weighted by Crippen LogP contribution is 2.45. The molecule has 0 spiro atoms. The summed E-state index contributed by atoms with van der Waals surface area (Å²) < 4.78 is 5.81. The third-order valence-electron chi connectivity index (χ3n) is 4.17. The molecular weight excluding hydrogens is 210 g/mol. The lowest BCUT2D eigenvalue weighted by Gasteiger charge is -2.47. The molecule has 1 unspecified atom stereocenters. The van der Waals surface area contributed by atoms with Crippen molar-refractivity contribution in [3.8, 4) is 0 Å². The molecule has 2 nitrogen and oxygen atoms in total. The molecule has 2 heteroatoms. The van der Waals surface area contributed by atoms with Gasteiger partial charge in [0, 0.05) is 7.11 Å². The summed E-state index contributed by atoms with van der Waals surface area (Å²) in [4.78, 5) is 0. The zero-order valence-corrected chi connectivity index (χ0v) is 11.3. The number of hydrogen-bond acceptors (Lipinski definition) is 2. The summed E-state index contributed by atoms with van der Waals surface area (Å²) in [5, 5.41) is 3.46. The summed E-state index contributed by atoms with van der Waals surface area (Å²) >= 11 is 0. The molecule has 1 aliphatic rings. The van der Waals surface area contributed by atoms with Gasteiger partial charge in [0.25, 0.3) is 0 Å². The topological polar surface area (TPSA) is 21.3 Å². The van der Waals surface area contributed by atoms with E-state index < -0.39 is 0 Å². The largest absolute Gasteiger partial charge is 0.376 e. The number of benzene rings is 1. The summed E-state index contributed by atoms with van der Waals surface area (Å²) in [7, 11) is 3.88. The molecule has 94 valence electrons. The average molecular weight is 233 g/mol. The van der Waals surface area contributed by atoms with E-state index in [1.54, 1.807) is 0 Å². The van der Waals surface area contributed by atoms with Crippen molar-refractivity contribution in [2.75, 3.05) is 14.2 Å². The highest BCUT2D eigenvalue weighted by molar-refractivity contribution is 5.35. The molecule has 1 aliphatic carbocycles. The molecular formula is C15H23NO. The van der Waals surface area contributed by atoms with Crippen LogP contribution in [-0.2, 0) is 4.74 Å². The summed E-state index contributed by atoms with van der Waals surface area (Å²) in [5.74, 6) is 0. The van der Waals surface area contributed by atoms with Gasteiger partial charge in [0.1, 0.15) is 0 Å². The quantitative estimate of drug-likeness (QED) is 0.862. The Kier molecular flexibility index (Phi) is 3.55. The monoisotopic (exact) mass is 233 g/mol. The van der Waals surface area contributed by atoms with Crippen LogP contribution in [0.15, 0.2) is 18.2 Å². The van der Waals surface area contributed by atoms with E-state index in [1.807, 2.05) is 14.2 Å². The van der Waals surface area contributed by atoms with E-state index in [4.69, 9.17) is 4.74 Å². The van der Waals surface area contributed by atoms with Crippen LogP contribution in [0.4, 0.5) is 0 Å². The van der Waals surface area contributed by atoms with E-state index in [2.05, 4.69) is 37.4 Å². The van der Waals surface area contributed by atoms with E-state index >= 15 is 0 Å². The molecule has 0 saturated heterocycles. The van der Waals surface area contributed by atoms with Gasteiger partial charge in [-0.05, 0) is 51.3 Å². The lowest BCUT2D eigenvalue weighted by atomic mass is 9.71. The molecule has 0 amide bonds. The third-order valence-corrected chi connectivity index (χ3v) is 4.17. The predicted molar refractivity (Wildman–Crippen MR) is 71.3 cm³/mol. The molecule has 0 aromatic heterocycles. The molecule has 17 heavy (non-hydrogen) atoms. The van der Waals surface area contributed by atoms with Gasteiger partial charge in [-0.1, -0.05) is 23.8 Å². The summed E-state index contributed by atoms with van der Waals surface area (Å²) in [6.45, 7) is 4.33. The summed E-state index contributed by atoms with van der Waals surface area (Å²) in [6.07, 6.45) is 3.58. The summed E-state index contributed by atoms with van der Waals surface area (Å²) in [6, 6.07) is 6.97. The normalized spacial score (nSPS) is 19.8. The highest BCUT2D eigenvalue weighted by atomic mass is 16.5. The Morgan fingerprint density at radius 1 is 1.29 bits per heavy atom. The molecule has 0 radical (unpaired) electrons. The molecule has 0 bridgehead atoms. The number of likely N-dealkylation sites (N-methyl/N-ethyl adjacent to an activating group) is 1. The van der Waals surface area contributed by atoms with Gasteiger partial charge < -0.3 is 10.1 Å². The first-order valence-electron chi connectivity index (χ1n) is 6.42. The van der Waals surface area contributed by atoms with Gasteiger partial charge in [-0.2, -0.15) is 0 Å². The molecule has 1 aromatic carbocycles. The fraction of sp³-hybridized carbons (Fsp3) is 0.600. The van der Waals surface area contributed by atoms with E-state index in [0.717, 1.165) is 12.8 Å². The van der Waals surface area contributed by atoms with Crippen molar-refractivity contribution in [3.63, 3.8) is 0 Å². The van der Waals surface area contributed by atoms with E-state index in [0.29, 0.717) is 6.04 Å². The van der Waals surface area contributed by atoms with Crippen LogP contribution in [0.1, 0.15) is 42.0 Å². The first-order chi connectivity index (χ1) is 8.13. The van der Waals surface area contributed by atoms with Gasteiger partial charge in [0.2, 0.25) is 0 Å². The lowest BCUT2D eigenvalue weighted by Crippen LogP contribution is -2.50. The van der Waals surface area contributed by atoms with E-state index in [-0.39, 0.29) is 5.60 Å². The van der Waals surface area contributed by atoms with Crippen LogP contribution < -0.4 is 5.32 Å². The Balaban J connectivity index is 2.37. The molecule has 1 fully saturated rings. The minimum atomic E-state index is 0.00725. The van der Waals surface area contributed by atoms with Crippen LogP contribution >= 0.6 is 0 Å². The SMILES string of the molecule is CNC(c1cc(C)ccc1C)C1(OC)CCC1. The highest BCUT2D eigenvalue weighted by Gasteiger charge is 2.44. The number of nitrogens with one attached hydrogen (secondary N) is 1. The van der Waals surface area contributed by atoms with Crippen LogP contribution in [0.2, 0.25) is 0 Å². The van der Waals surface area contributed by atoms with Crippen LogP contribution in [0.25, 0.3) is 0 Å². The first-order valence-corrected chi connectivity index (χ1v) is 6.42. The number of aryl methyl sites for hydroxylation is 2. The van der Waals surface area contributed by atoms with Crippen LogP contribution in [0.5, 0.6) is 0 Å². The zero-order chi connectivity index (χ0) is 12.5. The number of methoxy groups -OCH3 is 1. The van der Waals surface area contributed by atoms with Gasteiger partial charge in [-0.15, -0.1) is 0 Å². The Labute approximate surface area is 104 Å². The van der Waals surface area contributed by atoms with Gasteiger partial charge in [-0.25, -0.2) is 0 Å². The first kappa shape index (κ1) is 12.6. The Hall–Kier alpha value is -0.860. The van der Waals surface area contributed by atoms with Crippen molar-refractivity contribution < 1.29 is 4.74 Å². The Morgan fingerprint density at radius 3 is 2.47 bits per heavy atom. The van der Waals surface area contributed by atoms with Gasteiger partial charge >= 0.3 is 0 Å². The number of hydrogen-bond donors (Lipinski definition) is 1. The second-order valence-electron chi connectivity index (χ2n) is 5.20. The third kappa shape index (κ3) is 2.12. The maximum absolute atomic E-state index is 5.81. The molecule has 1 N–H and O–H groups in total. The van der Waals surface area contributed by atoms with Crippen molar-refractivity contribution >= 4 is 0 Å². The maximum atomic E-state index is 5.81. The predicted octanol–water partition coefficient (Wildman–Crippen LogP) is 3.13.